The average Bonchev–Trinajstić information content (AvgIpc) is 2.18. The molecule has 0 spiro atoms. The molecule has 1 saturated heterocycles. The number of rotatable bonds is 5. The molecule has 0 amide bonds. The van der Waals surface area contributed by atoms with Gasteiger partial charge in [0.2, 0.25) is 0 Å². The predicted octanol–water partition coefficient (Wildman–Crippen LogP) is 0.101. The normalized spacial score (nSPS) is 24.1. The van der Waals surface area contributed by atoms with Crippen molar-refractivity contribution < 1.29 is 19.4 Å². The minimum absolute atomic E-state index is 0.0284. The van der Waals surface area contributed by atoms with E-state index in [0.29, 0.717) is 26.4 Å². The Hall–Kier alpha value is -0.650. The van der Waals surface area contributed by atoms with Crippen LogP contribution in [0.4, 0.5) is 0 Å². The van der Waals surface area contributed by atoms with Crippen LogP contribution >= 0.6 is 0 Å². The van der Waals surface area contributed by atoms with Crippen LogP contribution < -0.4 is 5.32 Å². The standard InChI is InChI=1S/C10H19NO4/c1-7(2)9(10(12)13)11-5-8-6-14-3-4-15-8/h7-9,11H,3-6H2,1-2H3,(H,12,13). The van der Waals surface area contributed by atoms with Crippen LogP contribution in [0, 0.1) is 5.92 Å². The highest BCUT2D eigenvalue weighted by Crippen LogP contribution is 2.04. The fourth-order valence-electron chi connectivity index (χ4n) is 1.52. The number of hydrogen-bond acceptors (Lipinski definition) is 4. The highest BCUT2D eigenvalue weighted by atomic mass is 16.6. The number of ether oxygens (including phenoxy) is 2. The summed E-state index contributed by atoms with van der Waals surface area (Å²) in [7, 11) is 0. The van der Waals surface area contributed by atoms with Gasteiger partial charge in [0.25, 0.3) is 0 Å². The van der Waals surface area contributed by atoms with Crippen LogP contribution in [0.25, 0.3) is 0 Å². The summed E-state index contributed by atoms with van der Waals surface area (Å²) in [5, 5.41) is 11.9. The van der Waals surface area contributed by atoms with Gasteiger partial charge in [-0.3, -0.25) is 4.79 Å². The molecule has 0 aliphatic carbocycles. The largest absolute Gasteiger partial charge is 0.480 e. The summed E-state index contributed by atoms with van der Waals surface area (Å²) in [5.41, 5.74) is 0. The third-order valence-corrected chi connectivity index (χ3v) is 2.38. The molecule has 88 valence electrons. The zero-order valence-electron chi connectivity index (χ0n) is 9.23. The van der Waals surface area contributed by atoms with Gasteiger partial charge in [-0.25, -0.2) is 0 Å². The quantitative estimate of drug-likeness (QED) is 0.683. The molecule has 1 fully saturated rings. The van der Waals surface area contributed by atoms with E-state index in [4.69, 9.17) is 14.6 Å². The second-order valence-corrected chi connectivity index (χ2v) is 4.04. The molecular formula is C10H19NO4. The molecular weight excluding hydrogens is 198 g/mol. The minimum atomic E-state index is -0.818. The second kappa shape index (κ2) is 6.05. The maximum absolute atomic E-state index is 10.9. The van der Waals surface area contributed by atoms with Gasteiger partial charge < -0.3 is 19.9 Å². The molecule has 0 bridgehead atoms. The van der Waals surface area contributed by atoms with Crippen LogP contribution in [0.3, 0.4) is 0 Å². The van der Waals surface area contributed by atoms with Gasteiger partial charge in [0.15, 0.2) is 0 Å². The van der Waals surface area contributed by atoms with Crippen LogP contribution in [0.5, 0.6) is 0 Å². The minimum Gasteiger partial charge on any atom is -0.480 e. The molecule has 15 heavy (non-hydrogen) atoms. The fraction of sp³-hybridized carbons (Fsp3) is 0.900. The van der Waals surface area contributed by atoms with E-state index in [9.17, 15) is 4.79 Å². The van der Waals surface area contributed by atoms with Crippen LogP contribution in [-0.2, 0) is 14.3 Å². The number of aliphatic carboxylic acids is 1. The van der Waals surface area contributed by atoms with E-state index >= 15 is 0 Å². The van der Waals surface area contributed by atoms with E-state index in [2.05, 4.69) is 5.32 Å². The molecule has 1 heterocycles. The van der Waals surface area contributed by atoms with E-state index in [-0.39, 0.29) is 12.0 Å². The molecule has 0 aromatic rings. The molecule has 0 saturated carbocycles. The molecule has 0 aromatic heterocycles. The molecule has 2 atom stereocenters. The first-order chi connectivity index (χ1) is 7.11. The van der Waals surface area contributed by atoms with Crippen molar-refractivity contribution >= 4 is 5.97 Å². The van der Waals surface area contributed by atoms with Gasteiger partial charge in [-0.1, -0.05) is 13.8 Å². The molecule has 1 rings (SSSR count). The van der Waals surface area contributed by atoms with Crippen molar-refractivity contribution in [3.63, 3.8) is 0 Å². The highest BCUT2D eigenvalue weighted by Gasteiger charge is 2.23. The zero-order valence-corrected chi connectivity index (χ0v) is 9.23. The van der Waals surface area contributed by atoms with Crippen LogP contribution in [-0.4, -0.2) is 49.6 Å². The van der Waals surface area contributed by atoms with E-state index in [1.165, 1.54) is 0 Å². The Balaban J connectivity index is 2.29. The van der Waals surface area contributed by atoms with Gasteiger partial charge >= 0.3 is 5.97 Å². The lowest BCUT2D eigenvalue weighted by molar-refractivity contribution is -0.141. The van der Waals surface area contributed by atoms with Gasteiger partial charge in [0.05, 0.1) is 25.9 Å². The van der Waals surface area contributed by atoms with Crippen LogP contribution in [0.1, 0.15) is 13.8 Å². The lowest BCUT2D eigenvalue weighted by Crippen LogP contribution is -2.47. The average molecular weight is 217 g/mol. The van der Waals surface area contributed by atoms with E-state index < -0.39 is 12.0 Å². The Morgan fingerprint density at radius 1 is 1.53 bits per heavy atom. The Kier molecular flexibility index (Phi) is 5.01. The predicted molar refractivity (Wildman–Crippen MR) is 54.8 cm³/mol. The van der Waals surface area contributed by atoms with Crippen molar-refractivity contribution in [3.05, 3.63) is 0 Å². The summed E-state index contributed by atoms with van der Waals surface area (Å²) < 4.78 is 10.6. The molecule has 2 N–H and O–H groups in total. The third-order valence-electron chi connectivity index (χ3n) is 2.38. The zero-order chi connectivity index (χ0) is 11.3. The van der Waals surface area contributed by atoms with Crippen LogP contribution in [0.2, 0.25) is 0 Å². The van der Waals surface area contributed by atoms with Crippen LogP contribution in [0.15, 0.2) is 0 Å². The summed E-state index contributed by atoms with van der Waals surface area (Å²) in [4.78, 5) is 10.9. The monoisotopic (exact) mass is 217 g/mol. The molecule has 0 radical (unpaired) electrons. The SMILES string of the molecule is CC(C)C(NCC1COCCO1)C(=O)O. The van der Waals surface area contributed by atoms with Gasteiger partial charge in [-0.2, -0.15) is 0 Å². The van der Waals surface area contributed by atoms with Gasteiger partial charge in [-0.15, -0.1) is 0 Å². The summed E-state index contributed by atoms with van der Waals surface area (Å²) >= 11 is 0. The molecule has 1 aliphatic heterocycles. The van der Waals surface area contributed by atoms with Crippen molar-refractivity contribution in [2.75, 3.05) is 26.4 Å². The van der Waals surface area contributed by atoms with Crippen molar-refractivity contribution in [1.29, 1.82) is 0 Å². The number of carboxylic acids is 1. The van der Waals surface area contributed by atoms with Crippen molar-refractivity contribution in [2.24, 2.45) is 5.92 Å². The van der Waals surface area contributed by atoms with E-state index in [1.807, 2.05) is 13.8 Å². The van der Waals surface area contributed by atoms with Gasteiger partial charge in [-0.05, 0) is 5.92 Å². The lowest BCUT2D eigenvalue weighted by Gasteiger charge is -2.26. The first-order valence-electron chi connectivity index (χ1n) is 5.26. The third kappa shape index (κ3) is 4.15. The molecule has 2 unspecified atom stereocenters. The lowest BCUT2D eigenvalue weighted by atomic mass is 10.0. The first kappa shape index (κ1) is 12.4. The number of carboxylic acid groups (broad SMARTS) is 1. The summed E-state index contributed by atoms with van der Waals surface area (Å²) in [5.74, 6) is -0.756. The van der Waals surface area contributed by atoms with Crippen molar-refractivity contribution in [3.8, 4) is 0 Å². The molecule has 5 heteroatoms. The number of hydrogen-bond donors (Lipinski definition) is 2. The maximum atomic E-state index is 10.9. The van der Waals surface area contributed by atoms with Gasteiger partial charge in [0.1, 0.15) is 6.04 Å². The smallest absolute Gasteiger partial charge is 0.320 e. The Morgan fingerprint density at radius 2 is 2.27 bits per heavy atom. The molecule has 0 aromatic carbocycles. The van der Waals surface area contributed by atoms with Crippen molar-refractivity contribution in [1.82, 2.24) is 5.32 Å². The Labute approximate surface area is 89.8 Å². The van der Waals surface area contributed by atoms with Gasteiger partial charge in [0, 0.05) is 6.54 Å². The van der Waals surface area contributed by atoms with E-state index in [1.54, 1.807) is 0 Å². The summed E-state index contributed by atoms with van der Waals surface area (Å²) in [6.45, 7) is 6.04. The second-order valence-electron chi connectivity index (χ2n) is 4.04. The van der Waals surface area contributed by atoms with E-state index in [0.717, 1.165) is 0 Å². The van der Waals surface area contributed by atoms with Crippen molar-refractivity contribution in [2.45, 2.75) is 26.0 Å². The molecule has 1 aliphatic rings. The first-order valence-corrected chi connectivity index (χ1v) is 5.26. The Morgan fingerprint density at radius 3 is 2.73 bits per heavy atom. The Bertz CT molecular complexity index is 202. The number of nitrogens with one attached hydrogen (secondary N) is 1. The number of carbonyl (C=O) groups is 1. The molecule has 5 nitrogen and oxygen atoms in total. The fourth-order valence-corrected chi connectivity index (χ4v) is 1.52. The summed E-state index contributed by atoms with van der Waals surface area (Å²) in [6, 6.07) is -0.518. The topological polar surface area (TPSA) is 67.8 Å². The maximum Gasteiger partial charge on any atom is 0.320 e. The highest BCUT2D eigenvalue weighted by molar-refractivity contribution is 5.73. The summed E-state index contributed by atoms with van der Waals surface area (Å²) in [6.07, 6.45) is -0.0284.